The van der Waals surface area contributed by atoms with Crippen molar-refractivity contribution >= 4 is 27.5 Å². The molecule has 4 rings (SSSR count). The molecule has 4 aromatic rings. The van der Waals surface area contributed by atoms with Crippen molar-refractivity contribution in [1.82, 2.24) is 5.16 Å². The second-order valence-corrected chi connectivity index (χ2v) is 8.95. The molecule has 3 aromatic carbocycles. The van der Waals surface area contributed by atoms with Gasteiger partial charge in [-0.15, -0.1) is 11.8 Å². The van der Waals surface area contributed by atoms with Gasteiger partial charge in [-0.1, -0.05) is 71.9 Å². The summed E-state index contributed by atoms with van der Waals surface area (Å²) in [6, 6.07) is 27.5. The van der Waals surface area contributed by atoms with E-state index in [1.54, 1.807) is 42.1 Å². The summed E-state index contributed by atoms with van der Waals surface area (Å²) in [5.41, 5.74) is 1.61. The Hall–Kier alpha value is -3.03. The minimum Gasteiger partial charge on any atom is -0.358 e. The molecule has 29 heavy (non-hydrogen) atoms. The fourth-order valence-corrected chi connectivity index (χ4v) is 4.74. The molecule has 0 spiro atoms. The summed E-state index contributed by atoms with van der Waals surface area (Å²) >= 11 is 1.55. The van der Waals surface area contributed by atoms with Gasteiger partial charge in [-0.25, -0.2) is 8.42 Å². The molecule has 1 aromatic heterocycles. The van der Waals surface area contributed by atoms with Crippen LogP contribution in [0.3, 0.4) is 0 Å². The Morgan fingerprint density at radius 3 is 2.07 bits per heavy atom. The molecule has 0 radical (unpaired) electrons. The fraction of sp³-hybridized carbons (Fsp3) is 0.0455. The van der Waals surface area contributed by atoms with Gasteiger partial charge in [0, 0.05) is 10.5 Å². The van der Waals surface area contributed by atoms with Gasteiger partial charge >= 0.3 is 0 Å². The lowest BCUT2D eigenvalue weighted by Gasteiger charge is -2.09. The monoisotopic (exact) mass is 422 g/mol. The van der Waals surface area contributed by atoms with Crippen molar-refractivity contribution in [3.05, 3.63) is 96.8 Å². The highest BCUT2D eigenvalue weighted by atomic mass is 32.2. The van der Waals surface area contributed by atoms with Crippen LogP contribution in [0.15, 0.2) is 105 Å². The SMILES string of the molecule is O=S(=O)(Nc1c(-c2ccccc2)noc1CSc1ccccc1)c1ccccc1. The third kappa shape index (κ3) is 4.52. The molecule has 5 nitrogen and oxygen atoms in total. The maximum absolute atomic E-state index is 12.9. The highest BCUT2D eigenvalue weighted by Gasteiger charge is 2.23. The minimum atomic E-state index is -3.78. The van der Waals surface area contributed by atoms with Crippen molar-refractivity contribution in [2.45, 2.75) is 15.5 Å². The Balaban J connectivity index is 1.70. The lowest BCUT2D eigenvalue weighted by molar-refractivity contribution is 0.398. The fourth-order valence-electron chi connectivity index (χ4n) is 2.78. The standard InChI is InChI=1S/C22H18N2O3S2/c25-29(26,19-14-8-3-9-15-19)24-22-20(16-28-18-12-6-2-7-13-18)27-23-21(22)17-10-4-1-5-11-17/h1-15,24H,16H2. The Labute approximate surface area is 173 Å². The zero-order valence-corrected chi connectivity index (χ0v) is 17.0. The molecule has 7 heteroatoms. The number of thioether (sulfide) groups is 1. The number of sulfonamides is 1. The number of hydrogen-bond donors (Lipinski definition) is 1. The third-order valence-corrected chi connectivity index (χ3v) is 6.59. The van der Waals surface area contributed by atoms with Gasteiger partial charge in [-0.3, -0.25) is 4.72 Å². The molecule has 0 aliphatic rings. The maximum atomic E-state index is 12.9. The quantitative estimate of drug-likeness (QED) is 0.402. The minimum absolute atomic E-state index is 0.182. The predicted octanol–water partition coefficient (Wildman–Crippen LogP) is 5.43. The molecular weight excluding hydrogens is 404 g/mol. The molecule has 0 atom stereocenters. The van der Waals surface area contributed by atoms with Gasteiger partial charge in [-0.05, 0) is 24.3 Å². The van der Waals surface area contributed by atoms with E-state index in [1.165, 1.54) is 0 Å². The van der Waals surface area contributed by atoms with E-state index >= 15 is 0 Å². The van der Waals surface area contributed by atoms with E-state index in [-0.39, 0.29) is 4.90 Å². The number of nitrogens with one attached hydrogen (secondary N) is 1. The van der Waals surface area contributed by atoms with Crippen LogP contribution in [0.25, 0.3) is 11.3 Å². The number of benzene rings is 3. The summed E-state index contributed by atoms with van der Waals surface area (Å²) < 4.78 is 34.1. The summed E-state index contributed by atoms with van der Waals surface area (Å²) in [5, 5.41) is 4.16. The van der Waals surface area contributed by atoms with Crippen LogP contribution in [-0.2, 0) is 15.8 Å². The van der Waals surface area contributed by atoms with Crippen LogP contribution in [0.5, 0.6) is 0 Å². The Bertz CT molecular complexity index is 1180. The van der Waals surface area contributed by atoms with Crippen LogP contribution in [0.1, 0.15) is 5.76 Å². The van der Waals surface area contributed by atoms with E-state index in [0.717, 1.165) is 10.5 Å². The first-order valence-corrected chi connectivity index (χ1v) is 11.4. The van der Waals surface area contributed by atoms with Crippen molar-refractivity contribution in [3.63, 3.8) is 0 Å². The number of nitrogens with zero attached hydrogens (tertiary/aromatic N) is 1. The average Bonchev–Trinajstić information content (AvgIpc) is 3.16. The Morgan fingerprint density at radius 1 is 0.828 bits per heavy atom. The molecular formula is C22H18N2O3S2. The normalized spacial score (nSPS) is 11.3. The van der Waals surface area contributed by atoms with E-state index in [1.807, 2.05) is 60.7 Å². The van der Waals surface area contributed by atoms with E-state index in [2.05, 4.69) is 9.88 Å². The summed E-state index contributed by atoms with van der Waals surface area (Å²) in [5.74, 6) is 0.911. The molecule has 0 unspecified atom stereocenters. The van der Waals surface area contributed by atoms with Gasteiger partial charge in [0.25, 0.3) is 10.0 Å². The second kappa shape index (κ2) is 8.55. The van der Waals surface area contributed by atoms with E-state index in [0.29, 0.717) is 22.9 Å². The third-order valence-electron chi connectivity index (χ3n) is 4.21. The second-order valence-electron chi connectivity index (χ2n) is 6.22. The first-order chi connectivity index (χ1) is 14.1. The van der Waals surface area contributed by atoms with Gasteiger partial charge in [0.15, 0.2) is 5.76 Å². The van der Waals surface area contributed by atoms with Crippen LogP contribution in [-0.4, -0.2) is 13.6 Å². The summed E-state index contributed by atoms with van der Waals surface area (Å²) in [7, 11) is -3.78. The predicted molar refractivity (Wildman–Crippen MR) is 115 cm³/mol. The summed E-state index contributed by atoms with van der Waals surface area (Å²) in [4.78, 5) is 1.24. The highest BCUT2D eigenvalue weighted by Crippen LogP contribution is 2.35. The number of anilines is 1. The molecule has 0 saturated carbocycles. The molecule has 1 N–H and O–H groups in total. The maximum Gasteiger partial charge on any atom is 0.262 e. The molecule has 0 saturated heterocycles. The van der Waals surface area contributed by atoms with E-state index < -0.39 is 10.0 Å². The van der Waals surface area contributed by atoms with E-state index in [9.17, 15) is 8.42 Å². The zero-order valence-electron chi connectivity index (χ0n) is 15.4. The first-order valence-electron chi connectivity index (χ1n) is 8.93. The zero-order chi connectivity index (χ0) is 20.1. The van der Waals surface area contributed by atoms with Crippen molar-refractivity contribution in [1.29, 1.82) is 0 Å². The first kappa shape index (κ1) is 19.3. The van der Waals surface area contributed by atoms with Gasteiger partial charge in [0.05, 0.1) is 10.6 Å². The van der Waals surface area contributed by atoms with Crippen molar-refractivity contribution in [3.8, 4) is 11.3 Å². The molecule has 0 aliphatic heterocycles. The van der Waals surface area contributed by atoms with Crippen molar-refractivity contribution < 1.29 is 12.9 Å². The van der Waals surface area contributed by atoms with Gasteiger partial charge < -0.3 is 4.52 Å². The number of rotatable bonds is 7. The van der Waals surface area contributed by atoms with Crippen LogP contribution >= 0.6 is 11.8 Å². The topological polar surface area (TPSA) is 72.2 Å². The van der Waals surface area contributed by atoms with Crippen LogP contribution in [0.2, 0.25) is 0 Å². The molecule has 0 aliphatic carbocycles. The largest absolute Gasteiger partial charge is 0.358 e. The summed E-state index contributed by atoms with van der Waals surface area (Å²) in [6.07, 6.45) is 0. The number of hydrogen-bond acceptors (Lipinski definition) is 5. The lowest BCUT2D eigenvalue weighted by atomic mass is 10.1. The highest BCUT2D eigenvalue weighted by molar-refractivity contribution is 7.98. The van der Waals surface area contributed by atoms with Gasteiger partial charge in [-0.2, -0.15) is 0 Å². The van der Waals surface area contributed by atoms with Crippen molar-refractivity contribution in [2.75, 3.05) is 4.72 Å². The summed E-state index contributed by atoms with van der Waals surface area (Å²) in [6.45, 7) is 0. The van der Waals surface area contributed by atoms with Crippen LogP contribution in [0.4, 0.5) is 5.69 Å². The van der Waals surface area contributed by atoms with Gasteiger partial charge in [0.1, 0.15) is 11.4 Å². The molecule has 1 heterocycles. The van der Waals surface area contributed by atoms with Crippen LogP contribution in [0, 0.1) is 0 Å². The lowest BCUT2D eigenvalue weighted by Crippen LogP contribution is -2.14. The smallest absolute Gasteiger partial charge is 0.262 e. The Morgan fingerprint density at radius 2 is 1.41 bits per heavy atom. The van der Waals surface area contributed by atoms with E-state index in [4.69, 9.17) is 4.52 Å². The van der Waals surface area contributed by atoms with Crippen LogP contribution < -0.4 is 4.72 Å². The van der Waals surface area contributed by atoms with Gasteiger partial charge in [0.2, 0.25) is 0 Å². The average molecular weight is 423 g/mol. The molecule has 0 amide bonds. The molecule has 146 valence electrons. The molecule has 0 fully saturated rings. The Kier molecular flexibility index (Phi) is 5.69. The molecule has 0 bridgehead atoms. The van der Waals surface area contributed by atoms with Crippen molar-refractivity contribution in [2.24, 2.45) is 0 Å². The number of aromatic nitrogens is 1.